The number of hydrogen-bond acceptors (Lipinski definition) is 6. The van der Waals surface area contributed by atoms with Gasteiger partial charge in [0.1, 0.15) is 10.7 Å². The van der Waals surface area contributed by atoms with Crippen molar-refractivity contribution in [2.24, 2.45) is 0 Å². The van der Waals surface area contributed by atoms with Gasteiger partial charge < -0.3 is 18.2 Å². The number of nitrogens with zero attached hydrogens (tertiary/aromatic N) is 1. The molecule has 0 radical (unpaired) electrons. The largest absolute Gasteiger partial charge is 0.493 e. The van der Waals surface area contributed by atoms with Crippen LogP contribution in [0.15, 0.2) is 94.4 Å². The molecule has 4 aromatic rings. The fraction of sp³-hybridized carbons (Fsp3) is 0.179. The van der Waals surface area contributed by atoms with E-state index < -0.39 is 26.8 Å². The lowest BCUT2D eigenvalue weighted by Gasteiger charge is -2.23. The monoisotopic (exact) mass is 559 g/mol. The first-order chi connectivity index (χ1) is 18.5. The normalized spacial score (nSPS) is 11.7. The number of amides is 1. The first-order valence-corrected chi connectivity index (χ1v) is 13.0. The zero-order valence-electron chi connectivity index (χ0n) is 20.9. The first-order valence-electron chi connectivity index (χ1n) is 11.6. The number of methoxy groups -OCH3 is 1. The van der Waals surface area contributed by atoms with Gasteiger partial charge in [0, 0.05) is 12.1 Å². The fourth-order valence-electron chi connectivity index (χ4n) is 3.77. The van der Waals surface area contributed by atoms with Crippen molar-refractivity contribution in [3.8, 4) is 11.5 Å². The highest BCUT2D eigenvalue weighted by atomic mass is 32.2. The number of furan rings is 1. The molecule has 0 N–H and O–H groups in total. The van der Waals surface area contributed by atoms with E-state index in [-0.39, 0.29) is 30.5 Å². The second kappa shape index (κ2) is 11.2. The molecule has 4 rings (SSSR count). The molecule has 1 aromatic heterocycles. The minimum atomic E-state index is -4.73. The maximum absolute atomic E-state index is 13.4. The van der Waals surface area contributed by atoms with Crippen LogP contribution in [0.3, 0.4) is 0 Å². The van der Waals surface area contributed by atoms with Crippen molar-refractivity contribution < 1.29 is 39.7 Å². The van der Waals surface area contributed by atoms with Crippen molar-refractivity contribution in [1.29, 1.82) is 0 Å². The van der Waals surface area contributed by atoms with E-state index in [4.69, 9.17) is 13.3 Å². The van der Waals surface area contributed by atoms with Gasteiger partial charge >= 0.3 is 16.3 Å². The Morgan fingerprint density at radius 2 is 1.67 bits per heavy atom. The van der Waals surface area contributed by atoms with E-state index >= 15 is 0 Å². The van der Waals surface area contributed by atoms with Crippen LogP contribution in [-0.2, 0) is 29.4 Å². The molecule has 0 spiro atoms. The topological polar surface area (TPSA) is 86.0 Å². The zero-order chi connectivity index (χ0) is 28.2. The molecule has 0 saturated carbocycles. The average Bonchev–Trinajstić information content (AvgIpc) is 3.41. The van der Waals surface area contributed by atoms with E-state index in [1.54, 1.807) is 30.3 Å². The van der Waals surface area contributed by atoms with Crippen LogP contribution in [-0.4, -0.2) is 26.3 Å². The Hall–Kier alpha value is -4.25. The highest BCUT2D eigenvalue weighted by molar-refractivity contribution is 7.87. The predicted molar refractivity (Wildman–Crippen MR) is 136 cm³/mol. The quantitative estimate of drug-likeness (QED) is 0.226. The Morgan fingerprint density at radius 1 is 0.923 bits per heavy atom. The van der Waals surface area contributed by atoms with Crippen LogP contribution in [0.2, 0.25) is 0 Å². The number of ether oxygens (including phenoxy) is 1. The molecule has 3 aromatic carbocycles. The molecule has 204 valence electrons. The second-order valence-corrected chi connectivity index (χ2v) is 10.2. The van der Waals surface area contributed by atoms with Crippen molar-refractivity contribution in [2.45, 2.75) is 31.1 Å². The third-order valence-corrected chi connectivity index (χ3v) is 6.99. The van der Waals surface area contributed by atoms with Crippen LogP contribution in [0.25, 0.3) is 0 Å². The fourth-order valence-corrected chi connectivity index (χ4v) is 4.75. The Balaban J connectivity index is 1.64. The van der Waals surface area contributed by atoms with Crippen molar-refractivity contribution >= 4 is 16.0 Å². The summed E-state index contributed by atoms with van der Waals surface area (Å²) in [6, 6.07) is 18.1. The molecule has 0 saturated heterocycles. The molecule has 0 bridgehead atoms. The van der Waals surface area contributed by atoms with Gasteiger partial charge in [-0.15, -0.1) is 0 Å². The molecule has 0 aliphatic rings. The predicted octanol–water partition coefficient (Wildman–Crippen LogP) is 6.23. The van der Waals surface area contributed by atoms with E-state index in [0.29, 0.717) is 23.0 Å². The average molecular weight is 560 g/mol. The summed E-state index contributed by atoms with van der Waals surface area (Å²) in [7, 11) is -3.36. The van der Waals surface area contributed by atoms with Gasteiger partial charge in [-0.2, -0.15) is 21.6 Å². The molecular weight excluding hydrogens is 535 g/mol. The molecule has 11 heteroatoms. The number of alkyl halides is 3. The van der Waals surface area contributed by atoms with Gasteiger partial charge in [0.15, 0.2) is 11.5 Å². The summed E-state index contributed by atoms with van der Waals surface area (Å²) in [5.41, 5.74) is 0.792. The van der Waals surface area contributed by atoms with Crippen LogP contribution in [0, 0.1) is 6.92 Å². The first kappa shape index (κ1) is 27.8. The molecule has 0 atom stereocenters. The molecule has 1 amide bonds. The van der Waals surface area contributed by atoms with Crippen LogP contribution in [0.4, 0.5) is 13.2 Å². The van der Waals surface area contributed by atoms with Crippen molar-refractivity contribution in [2.75, 3.05) is 7.11 Å². The summed E-state index contributed by atoms with van der Waals surface area (Å²) in [6.45, 7) is 2.07. The van der Waals surface area contributed by atoms with E-state index in [2.05, 4.69) is 0 Å². The number of benzene rings is 3. The number of hydrogen-bond donors (Lipinski definition) is 0. The lowest BCUT2D eigenvalue weighted by atomic mass is 10.1. The van der Waals surface area contributed by atoms with Crippen molar-refractivity contribution in [3.05, 3.63) is 113 Å². The smallest absolute Gasteiger partial charge is 0.416 e. The molecule has 0 unspecified atom stereocenters. The minimum absolute atomic E-state index is 0.0387. The maximum Gasteiger partial charge on any atom is 0.416 e. The SMILES string of the molecule is COc1ccc(CN(Cc2ccco2)C(=O)c2ccc(C)cc2)cc1OS(=O)(=O)c1cccc(C(F)(F)F)c1. The number of aryl methyl sites for hydroxylation is 1. The number of carbonyl (C=O) groups excluding carboxylic acids is 1. The molecule has 0 aliphatic heterocycles. The van der Waals surface area contributed by atoms with E-state index in [1.165, 1.54) is 30.4 Å². The summed E-state index contributed by atoms with van der Waals surface area (Å²) < 4.78 is 81.0. The highest BCUT2D eigenvalue weighted by Crippen LogP contribution is 2.34. The Kier molecular flexibility index (Phi) is 8.01. The number of carbonyl (C=O) groups is 1. The Labute approximate surface area is 223 Å². The summed E-state index contributed by atoms with van der Waals surface area (Å²) in [4.78, 5) is 14.2. The lowest BCUT2D eigenvalue weighted by Crippen LogP contribution is -2.30. The highest BCUT2D eigenvalue weighted by Gasteiger charge is 2.32. The van der Waals surface area contributed by atoms with Gasteiger partial charge in [0.2, 0.25) is 0 Å². The van der Waals surface area contributed by atoms with Gasteiger partial charge in [-0.3, -0.25) is 4.79 Å². The lowest BCUT2D eigenvalue weighted by molar-refractivity contribution is -0.137. The van der Waals surface area contributed by atoms with Crippen LogP contribution in [0.1, 0.15) is 32.8 Å². The van der Waals surface area contributed by atoms with Gasteiger partial charge in [-0.25, -0.2) is 0 Å². The van der Waals surface area contributed by atoms with Gasteiger partial charge in [0.05, 0.1) is 25.5 Å². The molecule has 1 heterocycles. The van der Waals surface area contributed by atoms with Gasteiger partial charge in [0.25, 0.3) is 5.91 Å². The van der Waals surface area contributed by atoms with Crippen LogP contribution in [0.5, 0.6) is 11.5 Å². The molecule has 39 heavy (non-hydrogen) atoms. The summed E-state index contributed by atoms with van der Waals surface area (Å²) in [6.07, 6.45) is -3.24. The molecule has 0 fully saturated rings. The summed E-state index contributed by atoms with van der Waals surface area (Å²) in [5.74, 6) is 0.0405. The van der Waals surface area contributed by atoms with Crippen LogP contribution < -0.4 is 8.92 Å². The summed E-state index contributed by atoms with van der Waals surface area (Å²) >= 11 is 0. The van der Waals surface area contributed by atoms with E-state index in [9.17, 15) is 26.4 Å². The van der Waals surface area contributed by atoms with E-state index in [1.807, 2.05) is 19.1 Å². The zero-order valence-corrected chi connectivity index (χ0v) is 21.8. The Morgan fingerprint density at radius 3 is 2.31 bits per heavy atom. The van der Waals surface area contributed by atoms with Gasteiger partial charge in [-0.1, -0.05) is 29.8 Å². The molecule has 7 nitrogen and oxygen atoms in total. The standard InChI is InChI=1S/C28H24F3NO6S/c1-19-8-11-21(12-9-19)27(33)32(18-23-6-4-14-37-23)17-20-10-13-25(36-2)26(15-20)38-39(34,35)24-7-3-5-22(16-24)28(29,30)31/h3-16H,17-18H2,1-2H3. The third-order valence-electron chi connectivity index (χ3n) is 5.76. The Bertz CT molecular complexity index is 1550. The van der Waals surface area contributed by atoms with Crippen molar-refractivity contribution in [3.63, 3.8) is 0 Å². The minimum Gasteiger partial charge on any atom is -0.493 e. The second-order valence-electron chi connectivity index (χ2n) is 8.65. The molecular formula is C28H24F3NO6S. The van der Waals surface area contributed by atoms with Crippen molar-refractivity contribution in [1.82, 2.24) is 4.90 Å². The number of rotatable bonds is 9. The van der Waals surface area contributed by atoms with Crippen LogP contribution >= 0.6 is 0 Å². The number of halogens is 3. The third kappa shape index (κ3) is 6.80. The maximum atomic E-state index is 13.4. The van der Waals surface area contributed by atoms with E-state index in [0.717, 1.165) is 23.8 Å². The van der Waals surface area contributed by atoms with Gasteiger partial charge in [-0.05, 0) is 67.1 Å². The molecule has 0 aliphatic carbocycles. The summed E-state index contributed by atoms with van der Waals surface area (Å²) in [5, 5.41) is 0.